The van der Waals surface area contributed by atoms with E-state index in [9.17, 15) is 0 Å². The number of terminal acetylenes is 1. The SMILES string of the molecule is C#CCOC1CCC(CCCCCCC)O1. The molecule has 2 atom stereocenters. The van der Waals surface area contributed by atoms with Gasteiger partial charge in [-0.2, -0.15) is 0 Å². The van der Waals surface area contributed by atoms with Crippen LogP contribution in [0, 0.1) is 12.3 Å². The fourth-order valence-corrected chi connectivity index (χ4v) is 2.12. The normalized spacial score (nSPS) is 24.5. The van der Waals surface area contributed by atoms with E-state index in [0.717, 1.165) is 12.8 Å². The molecule has 0 amide bonds. The van der Waals surface area contributed by atoms with Gasteiger partial charge in [0.1, 0.15) is 6.61 Å². The highest BCUT2D eigenvalue weighted by Crippen LogP contribution is 2.24. The Morgan fingerprint density at radius 3 is 2.81 bits per heavy atom. The minimum absolute atomic E-state index is 0.0447. The second-order valence-corrected chi connectivity index (χ2v) is 4.48. The molecule has 0 aliphatic carbocycles. The molecule has 0 aromatic carbocycles. The predicted molar refractivity (Wildman–Crippen MR) is 66.1 cm³/mol. The van der Waals surface area contributed by atoms with E-state index in [0.29, 0.717) is 12.7 Å². The zero-order valence-corrected chi connectivity index (χ0v) is 10.4. The molecule has 16 heavy (non-hydrogen) atoms. The van der Waals surface area contributed by atoms with Crippen LogP contribution >= 0.6 is 0 Å². The van der Waals surface area contributed by atoms with Gasteiger partial charge < -0.3 is 9.47 Å². The molecule has 92 valence electrons. The maximum Gasteiger partial charge on any atom is 0.159 e. The quantitative estimate of drug-likeness (QED) is 0.464. The van der Waals surface area contributed by atoms with E-state index >= 15 is 0 Å². The summed E-state index contributed by atoms with van der Waals surface area (Å²) in [6.07, 6.45) is 15.5. The molecule has 1 aliphatic heterocycles. The molecule has 1 rings (SSSR count). The second kappa shape index (κ2) is 8.61. The molecule has 2 unspecified atom stereocenters. The van der Waals surface area contributed by atoms with Crippen molar-refractivity contribution in [3.05, 3.63) is 0 Å². The summed E-state index contributed by atoms with van der Waals surface area (Å²) in [5.74, 6) is 2.47. The van der Waals surface area contributed by atoms with Crippen molar-refractivity contribution < 1.29 is 9.47 Å². The Labute approximate surface area is 99.7 Å². The van der Waals surface area contributed by atoms with Gasteiger partial charge in [-0.05, 0) is 12.8 Å². The lowest BCUT2D eigenvalue weighted by molar-refractivity contribution is -0.125. The van der Waals surface area contributed by atoms with E-state index < -0.39 is 0 Å². The van der Waals surface area contributed by atoms with Gasteiger partial charge in [-0.15, -0.1) is 6.42 Å². The molecule has 1 aliphatic rings. The van der Waals surface area contributed by atoms with Crippen LogP contribution in [-0.4, -0.2) is 19.0 Å². The van der Waals surface area contributed by atoms with Crippen LogP contribution < -0.4 is 0 Å². The molecule has 0 spiro atoms. The fraction of sp³-hybridized carbons (Fsp3) is 0.857. The lowest BCUT2D eigenvalue weighted by Crippen LogP contribution is -2.14. The van der Waals surface area contributed by atoms with E-state index in [1.165, 1.54) is 38.5 Å². The zero-order chi connectivity index (χ0) is 11.6. The third-order valence-corrected chi connectivity index (χ3v) is 3.05. The summed E-state index contributed by atoms with van der Waals surface area (Å²) < 4.78 is 11.1. The highest BCUT2D eigenvalue weighted by atomic mass is 16.7. The summed E-state index contributed by atoms with van der Waals surface area (Å²) in [5.41, 5.74) is 0. The van der Waals surface area contributed by atoms with Gasteiger partial charge in [0.2, 0.25) is 0 Å². The first kappa shape index (κ1) is 13.5. The summed E-state index contributed by atoms with van der Waals surface area (Å²) >= 11 is 0. The van der Waals surface area contributed by atoms with Crippen molar-refractivity contribution in [2.45, 2.75) is 70.7 Å². The van der Waals surface area contributed by atoms with Crippen molar-refractivity contribution in [3.63, 3.8) is 0 Å². The van der Waals surface area contributed by atoms with E-state index in [-0.39, 0.29) is 6.29 Å². The molecule has 0 bridgehead atoms. The molecular formula is C14H24O2. The van der Waals surface area contributed by atoms with E-state index in [4.69, 9.17) is 15.9 Å². The third kappa shape index (κ3) is 5.53. The molecule has 2 heteroatoms. The molecule has 1 fully saturated rings. The molecule has 0 aromatic heterocycles. The van der Waals surface area contributed by atoms with Gasteiger partial charge in [-0.25, -0.2) is 0 Å². The monoisotopic (exact) mass is 224 g/mol. The Balaban J connectivity index is 1.97. The van der Waals surface area contributed by atoms with E-state index in [2.05, 4.69) is 12.8 Å². The molecule has 1 heterocycles. The first-order valence-electron chi connectivity index (χ1n) is 6.57. The van der Waals surface area contributed by atoms with Gasteiger partial charge in [0, 0.05) is 6.42 Å². The smallest absolute Gasteiger partial charge is 0.159 e. The van der Waals surface area contributed by atoms with Crippen molar-refractivity contribution in [2.24, 2.45) is 0 Å². The van der Waals surface area contributed by atoms with Crippen LogP contribution in [0.1, 0.15) is 58.3 Å². The van der Waals surface area contributed by atoms with E-state index in [1.807, 2.05) is 0 Å². The molecular weight excluding hydrogens is 200 g/mol. The first-order chi connectivity index (χ1) is 7.86. The third-order valence-electron chi connectivity index (χ3n) is 3.05. The fourth-order valence-electron chi connectivity index (χ4n) is 2.12. The molecule has 0 radical (unpaired) electrons. The Morgan fingerprint density at radius 2 is 2.06 bits per heavy atom. The molecule has 0 saturated carbocycles. The van der Waals surface area contributed by atoms with Crippen LogP contribution in [0.4, 0.5) is 0 Å². The van der Waals surface area contributed by atoms with Crippen LogP contribution in [-0.2, 0) is 9.47 Å². The van der Waals surface area contributed by atoms with Crippen LogP contribution in [0.3, 0.4) is 0 Å². The number of hydrogen-bond donors (Lipinski definition) is 0. The van der Waals surface area contributed by atoms with Gasteiger partial charge in [-0.3, -0.25) is 0 Å². The Kier molecular flexibility index (Phi) is 7.29. The molecule has 0 aromatic rings. The van der Waals surface area contributed by atoms with Crippen molar-refractivity contribution in [3.8, 4) is 12.3 Å². The second-order valence-electron chi connectivity index (χ2n) is 4.48. The summed E-state index contributed by atoms with van der Waals surface area (Å²) in [4.78, 5) is 0. The van der Waals surface area contributed by atoms with Gasteiger partial charge >= 0.3 is 0 Å². The maximum atomic E-state index is 5.75. The van der Waals surface area contributed by atoms with E-state index in [1.54, 1.807) is 0 Å². The first-order valence-corrected chi connectivity index (χ1v) is 6.57. The van der Waals surface area contributed by atoms with Crippen LogP contribution in [0.15, 0.2) is 0 Å². The number of rotatable bonds is 8. The maximum absolute atomic E-state index is 5.75. The van der Waals surface area contributed by atoms with Crippen LogP contribution in [0.5, 0.6) is 0 Å². The zero-order valence-electron chi connectivity index (χ0n) is 10.4. The average molecular weight is 224 g/mol. The van der Waals surface area contributed by atoms with Gasteiger partial charge in [0.05, 0.1) is 6.10 Å². The van der Waals surface area contributed by atoms with Crippen molar-refractivity contribution in [1.82, 2.24) is 0 Å². The Morgan fingerprint density at radius 1 is 1.25 bits per heavy atom. The number of unbranched alkanes of at least 4 members (excludes halogenated alkanes) is 4. The number of hydrogen-bond acceptors (Lipinski definition) is 2. The van der Waals surface area contributed by atoms with Crippen LogP contribution in [0.25, 0.3) is 0 Å². The Bertz CT molecular complexity index is 207. The lowest BCUT2D eigenvalue weighted by Gasteiger charge is -2.12. The van der Waals surface area contributed by atoms with Crippen molar-refractivity contribution >= 4 is 0 Å². The van der Waals surface area contributed by atoms with Gasteiger partial charge in [0.15, 0.2) is 6.29 Å². The average Bonchev–Trinajstić information content (AvgIpc) is 2.74. The van der Waals surface area contributed by atoms with Crippen molar-refractivity contribution in [2.75, 3.05) is 6.61 Å². The van der Waals surface area contributed by atoms with Gasteiger partial charge in [0.25, 0.3) is 0 Å². The van der Waals surface area contributed by atoms with Gasteiger partial charge in [-0.1, -0.05) is 44.9 Å². The lowest BCUT2D eigenvalue weighted by atomic mass is 10.1. The minimum atomic E-state index is -0.0447. The number of ether oxygens (including phenoxy) is 2. The minimum Gasteiger partial charge on any atom is -0.349 e. The largest absolute Gasteiger partial charge is 0.349 e. The summed E-state index contributed by atoms with van der Waals surface area (Å²) in [6, 6.07) is 0. The topological polar surface area (TPSA) is 18.5 Å². The Hall–Kier alpha value is -0.520. The highest BCUT2D eigenvalue weighted by Gasteiger charge is 2.24. The van der Waals surface area contributed by atoms with Crippen LogP contribution in [0.2, 0.25) is 0 Å². The van der Waals surface area contributed by atoms with Crippen molar-refractivity contribution in [1.29, 1.82) is 0 Å². The molecule has 2 nitrogen and oxygen atoms in total. The summed E-state index contributed by atoms with van der Waals surface area (Å²) in [6.45, 7) is 2.61. The molecule has 0 N–H and O–H groups in total. The highest BCUT2D eigenvalue weighted by molar-refractivity contribution is 4.83. The predicted octanol–water partition coefficient (Wildman–Crippen LogP) is 3.50. The summed E-state index contributed by atoms with van der Waals surface area (Å²) in [7, 11) is 0. The summed E-state index contributed by atoms with van der Waals surface area (Å²) in [5, 5.41) is 0. The molecule has 1 saturated heterocycles. The standard InChI is InChI=1S/C14H24O2/c1-3-5-6-7-8-9-13-10-11-14(16-13)15-12-4-2/h2,13-14H,3,5-12H2,1H3.